The van der Waals surface area contributed by atoms with E-state index in [1.807, 2.05) is 5.32 Å². The molecule has 9 nitrogen and oxygen atoms in total. The van der Waals surface area contributed by atoms with E-state index in [0.29, 0.717) is 12.3 Å². The molecule has 1 fully saturated rings. The van der Waals surface area contributed by atoms with Gasteiger partial charge in [-0.2, -0.15) is 0 Å². The van der Waals surface area contributed by atoms with Gasteiger partial charge in [-0.25, -0.2) is 9.59 Å². The first-order valence-corrected chi connectivity index (χ1v) is 7.06. The normalized spacial score (nSPS) is 20.4. The molecule has 3 N–H and O–H groups in total. The van der Waals surface area contributed by atoms with Gasteiger partial charge >= 0.3 is 12.1 Å². The molecule has 0 aliphatic carbocycles. The van der Waals surface area contributed by atoms with E-state index in [2.05, 4.69) is 10.6 Å². The standard InChI is InChI=1S/C14H18N4O5/c1-4-15-12(21)16-10(19)7-18-11(20)14(3,17-13(18)22)9-6-5-8(2)23-9/h5-6H,4,7H2,1-3H3,(H,17,22)(H2,15,16,19,21)/t14-/m1/s1. The molecule has 2 rings (SSSR count). The van der Waals surface area contributed by atoms with Crippen molar-refractivity contribution in [3.8, 4) is 0 Å². The Morgan fingerprint density at radius 2 is 2.04 bits per heavy atom. The van der Waals surface area contributed by atoms with Gasteiger partial charge in [0.05, 0.1) is 0 Å². The molecule has 0 aromatic carbocycles. The van der Waals surface area contributed by atoms with E-state index in [0.717, 1.165) is 4.90 Å². The molecule has 6 amide bonds. The third-order valence-corrected chi connectivity index (χ3v) is 3.40. The SMILES string of the molecule is CCNC(=O)NC(=O)CN1C(=O)N[C@](C)(c2ccc(C)o2)C1=O. The molecule has 124 valence electrons. The molecular weight excluding hydrogens is 304 g/mol. The second kappa shape index (κ2) is 6.11. The fraction of sp³-hybridized carbons (Fsp3) is 0.429. The molecule has 1 atom stereocenters. The monoisotopic (exact) mass is 322 g/mol. The zero-order chi connectivity index (χ0) is 17.2. The lowest BCUT2D eigenvalue weighted by Crippen LogP contribution is -2.46. The third kappa shape index (κ3) is 3.17. The summed E-state index contributed by atoms with van der Waals surface area (Å²) < 4.78 is 5.41. The Bertz CT molecular complexity index is 668. The zero-order valence-corrected chi connectivity index (χ0v) is 13.1. The van der Waals surface area contributed by atoms with Gasteiger partial charge in [-0.1, -0.05) is 0 Å². The van der Waals surface area contributed by atoms with Crippen molar-refractivity contribution in [1.29, 1.82) is 0 Å². The van der Waals surface area contributed by atoms with Gasteiger partial charge in [0.1, 0.15) is 18.1 Å². The van der Waals surface area contributed by atoms with Crippen molar-refractivity contribution in [3.63, 3.8) is 0 Å². The molecule has 0 unspecified atom stereocenters. The van der Waals surface area contributed by atoms with Crippen molar-refractivity contribution < 1.29 is 23.6 Å². The van der Waals surface area contributed by atoms with Crippen LogP contribution in [0.3, 0.4) is 0 Å². The molecule has 1 aliphatic heterocycles. The zero-order valence-electron chi connectivity index (χ0n) is 13.1. The van der Waals surface area contributed by atoms with Crippen molar-refractivity contribution in [2.75, 3.05) is 13.1 Å². The molecule has 0 saturated carbocycles. The minimum atomic E-state index is -1.38. The topological polar surface area (TPSA) is 121 Å². The second-order valence-corrected chi connectivity index (χ2v) is 5.26. The first-order valence-electron chi connectivity index (χ1n) is 7.06. The lowest BCUT2D eigenvalue weighted by atomic mass is 9.99. The number of rotatable bonds is 4. The summed E-state index contributed by atoms with van der Waals surface area (Å²) in [6.45, 7) is 4.69. The molecule has 1 aliphatic rings. The number of nitrogens with one attached hydrogen (secondary N) is 3. The highest BCUT2D eigenvalue weighted by molar-refractivity contribution is 6.09. The van der Waals surface area contributed by atoms with Gasteiger partial charge in [0.2, 0.25) is 5.91 Å². The van der Waals surface area contributed by atoms with Gasteiger partial charge in [-0.05, 0) is 32.9 Å². The number of hydrogen-bond donors (Lipinski definition) is 3. The minimum absolute atomic E-state index is 0.278. The van der Waals surface area contributed by atoms with Crippen molar-refractivity contribution >= 4 is 23.9 Å². The fourth-order valence-corrected chi connectivity index (χ4v) is 2.23. The van der Waals surface area contributed by atoms with E-state index in [1.165, 1.54) is 6.92 Å². The van der Waals surface area contributed by atoms with E-state index in [1.54, 1.807) is 26.0 Å². The molecule has 1 aromatic heterocycles. The molecule has 1 aromatic rings. The van der Waals surface area contributed by atoms with Crippen molar-refractivity contribution in [3.05, 3.63) is 23.7 Å². The van der Waals surface area contributed by atoms with Crippen LogP contribution in [0.4, 0.5) is 9.59 Å². The third-order valence-electron chi connectivity index (χ3n) is 3.40. The van der Waals surface area contributed by atoms with Gasteiger partial charge in [-0.15, -0.1) is 0 Å². The molecule has 0 bridgehead atoms. The lowest BCUT2D eigenvalue weighted by molar-refractivity contribution is -0.135. The van der Waals surface area contributed by atoms with Gasteiger partial charge < -0.3 is 15.1 Å². The van der Waals surface area contributed by atoms with E-state index in [4.69, 9.17) is 4.42 Å². The number of carbonyl (C=O) groups excluding carboxylic acids is 4. The lowest BCUT2D eigenvalue weighted by Gasteiger charge is -2.18. The Morgan fingerprint density at radius 1 is 1.35 bits per heavy atom. The van der Waals surface area contributed by atoms with E-state index < -0.39 is 36.0 Å². The van der Waals surface area contributed by atoms with E-state index >= 15 is 0 Å². The predicted octanol–water partition coefficient (Wildman–Crippen LogP) is 0.201. The molecule has 23 heavy (non-hydrogen) atoms. The maximum atomic E-state index is 12.5. The fourth-order valence-electron chi connectivity index (χ4n) is 2.23. The number of urea groups is 2. The number of amides is 6. The van der Waals surface area contributed by atoms with Crippen LogP contribution in [0.1, 0.15) is 25.4 Å². The average molecular weight is 322 g/mol. The Labute approximate surface area is 132 Å². The van der Waals surface area contributed by atoms with Crippen LogP contribution in [0.2, 0.25) is 0 Å². The maximum absolute atomic E-state index is 12.5. The number of aryl methyl sites for hydroxylation is 1. The van der Waals surface area contributed by atoms with E-state index in [-0.39, 0.29) is 5.76 Å². The first-order chi connectivity index (χ1) is 10.8. The summed E-state index contributed by atoms with van der Waals surface area (Å²) in [7, 11) is 0. The Kier molecular flexibility index (Phi) is 4.39. The quantitative estimate of drug-likeness (QED) is 0.684. The highest BCUT2D eigenvalue weighted by Gasteiger charge is 2.51. The van der Waals surface area contributed by atoms with Crippen LogP contribution in [-0.2, 0) is 15.1 Å². The van der Waals surface area contributed by atoms with Crippen LogP contribution >= 0.6 is 0 Å². The van der Waals surface area contributed by atoms with Crippen LogP contribution in [0.5, 0.6) is 0 Å². The highest BCUT2D eigenvalue weighted by atomic mass is 16.3. The molecule has 9 heteroatoms. The van der Waals surface area contributed by atoms with Crippen molar-refractivity contribution in [2.45, 2.75) is 26.3 Å². The molecular formula is C14H18N4O5. The summed E-state index contributed by atoms with van der Waals surface area (Å²) >= 11 is 0. The number of carbonyl (C=O) groups is 4. The molecule has 2 heterocycles. The summed E-state index contributed by atoms with van der Waals surface area (Å²) in [5, 5.41) is 6.92. The number of imide groups is 2. The van der Waals surface area contributed by atoms with Gasteiger partial charge in [0, 0.05) is 6.54 Å². The van der Waals surface area contributed by atoms with E-state index in [9.17, 15) is 19.2 Å². The average Bonchev–Trinajstić information content (AvgIpc) is 2.98. The van der Waals surface area contributed by atoms with Crippen LogP contribution in [0.25, 0.3) is 0 Å². The van der Waals surface area contributed by atoms with Crippen molar-refractivity contribution in [2.24, 2.45) is 0 Å². The number of hydrogen-bond acceptors (Lipinski definition) is 5. The summed E-state index contributed by atoms with van der Waals surface area (Å²) in [4.78, 5) is 48.3. The first kappa shape index (κ1) is 16.5. The van der Waals surface area contributed by atoms with Crippen LogP contribution in [0.15, 0.2) is 16.5 Å². The minimum Gasteiger partial charge on any atom is -0.463 e. The summed E-state index contributed by atoms with van der Waals surface area (Å²) in [5.41, 5.74) is -1.38. The predicted molar refractivity (Wildman–Crippen MR) is 78.3 cm³/mol. The van der Waals surface area contributed by atoms with Crippen LogP contribution in [-0.4, -0.2) is 41.9 Å². The van der Waals surface area contributed by atoms with Crippen LogP contribution < -0.4 is 16.0 Å². The highest BCUT2D eigenvalue weighted by Crippen LogP contribution is 2.29. The Balaban J connectivity index is 2.10. The van der Waals surface area contributed by atoms with Gasteiger partial charge in [-0.3, -0.25) is 19.8 Å². The molecule has 0 spiro atoms. The Morgan fingerprint density at radius 3 is 2.61 bits per heavy atom. The smallest absolute Gasteiger partial charge is 0.325 e. The summed E-state index contributed by atoms with van der Waals surface area (Å²) in [6.07, 6.45) is 0. The van der Waals surface area contributed by atoms with Gasteiger partial charge in [0.15, 0.2) is 5.54 Å². The molecule has 1 saturated heterocycles. The molecule has 0 radical (unpaired) electrons. The van der Waals surface area contributed by atoms with Crippen molar-refractivity contribution in [1.82, 2.24) is 20.9 Å². The number of furan rings is 1. The largest absolute Gasteiger partial charge is 0.463 e. The second-order valence-electron chi connectivity index (χ2n) is 5.26. The summed E-state index contributed by atoms with van der Waals surface area (Å²) in [5.74, 6) is -0.516. The Hall–Kier alpha value is -2.84. The maximum Gasteiger partial charge on any atom is 0.325 e. The van der Waals surface area contributed by atoms with Gasteiger partial charge in [0.25, 0.3) is 5.91 Å². The van der Waals surface area contributed by atoms with Crippen LogP contribution in [0, 0.1) is 6.92 Å². The number of nitrogens with zero attached hydrogens (tertiary/aromatic N) is 1. The summed E-state index contributed by atoms with van der Waals surface area (Å²) in [6, 6.07) is 1.85.